The van der Waals surface area contributed by atoms with Crippen LogP contribution in [0.3, 0.4) is 0 Å². The van der Waals surface area contributed by atoms with Crippen molar-refractivity contribution >= 4 is 11.6 Å². The highest BCUT2D eigenvalue weighted by molar-refractivity contribution is 6.17. The molecule has 0 radical (unpaired) electrons. The van der Waals surface area contributed by atoms with Gasteiger partial charge in [0.25, 0.3) is 5.97 Å². The summed E-state index contributed by atoms with van der Waals surface area (Å²) in [6, 6.07) is 8.52. The summed E-state index contributed by atoms with van der Waals surface area (Å²) in [7, 11) is 4.99. The number of aryl methyl sites for hydroxylation is 1. The molecule has 1 rings (SSSR count). The smallest absolute Gasteiger partial charge is 0.285 e. The molecule has 26 heavy (non-hydrogen) atoms. The van der Waals surface area contributed by atoms with Crippen LogP contribution in [0.15, 0.2) is 24.3 Å². The lowest BCUT2D eigenvalue weighted by Gasteiger charge is -2.36. The standard InChI is InChI=1S/C22H37ClO3/c1-5-6-7-8-9-10-11-21(22(24-2,25-3)26-4)17-16-19-12-14-20(18-23)15-13-19/h12-15,21H,5-11,16-18H2,1-4H3. The monoisotopic (exact) mass is 384 g/mol. The fourth-order valence-corrected chi connectivity index (χ4v) is 3.73. The molecule has 0 saturated carbocycles. The maximum atomic E-state index is 5.88. The molecule has 0 aliphatic rings. The number of methoxy groups -OCH3 is 3. The molecule has 0 aliphatic carbocycles. The zero-order chi connectivity index (χ0) is 19.3. The van der Waals surface area contributed by atoms with E-state index in [2.05, 4.69) is 31.2 Å². The lowest BCUT2D eigenvalue weighted by atomic mass is 9.91. The van der Waals surface area contributed by atoms with Crippen molar-refractivity contribution in [3.63, 3.8) is 0 Å². The third kappa shape index (κ3) is 7.56. The molecule has 0 N–H and O–H groups in total. The quantitative estimate of drug-likeness (QED) is 0.201. The summed E-state index contributed by atoms with van der Waals surface area (Å²) >= 11 is 5.88. The zero-order valence-corrected chi connectivity index (χ0v) is 17.8. The topological polar surface area (TPSA) is 27.7 Å². The molecule has 1 aromatic carbocycles. The minimum atomic E-state index is -0.959. The molecule has 0 saturated heterocycles. The highest BCUT2D eigenvalue weighted by atomic mass is 35.5. The molecule has 1 aromatic rings. The van der Waals surface area contributed by atoms with Gasteiger partial charge >= 0.3 is 0 Å². The van der Waals surface area contributed by atoms with Crippen LogP contribution in [-0.2, 0) is 26.5 Å². The summed E-state index contributed by atoms with van der Waals surface area (Å²) in [5.74, 6) is -0.206. The van der Waals surface area contributed by atoms with Gasteiger partial charge in [-0.15, -0.1) is 11.6 Å². The molecule has 0 heterocycles. The zero-order valence-electron chi connectivity index (χ0n) is 17.1. The van der Waals surface area contributed by atoms with Crippen molar-refractivity contribution in [1.82, 2.24) is 0 Å². The van der Waals surface area contributed by atoms with Gasteiger partial charge in [-0.3, -0.25) is 0 Å². The van der Waals surface area contributed by atoms with Crippen LogP contribution in [0.2, 0.25) is 0 Å². The largest absolute Gasteiger partial charge is 0.331 e. The van der Waals surface area contributed by atoms with Gasteiger partial charge in [0, 0.05) is 33.1 Å². The van der Waals surface area contributed by atoms with E-state index in [1.807, 2.05) is 0 Å². The van der Waals surface area contributed by atoms with E-state index in [0.717, 1.165) is 24.8 Å². The van der Waals surface area contributed by atoms with Crippen molar-refractivity contribution in [2.45, 2.75) is 76.6 Å². The van der Waals surface area contributed by atoms with E-state index >= 15 is 0 Å². The van der Waals surface area contributed by atoms with Crippen molar-refractivity contribution in [2.75, 3.05) is 21.3 Å². The maximum Gasteiger partial charge on any atom is 0.285 e. The Morgan fingerprint density at radius 3 is 1.88 bits per heavy atom. The molecule has 1 atom stereocenters. The van der Waals surface area contributed by atoms with E-state index in [1.165, 1.54) is 44.1 Å². The molecule has 4 heteroatoms. The number of alkyl halides is 1. The molecular formula is C22H37ClO3. The highest BCUT2D eigenvalue weighted by Gasteiger charge is 2.39. The summed E-state index contributed by atoms with van der Waals surface area (Å²) in [6.45, 7) is 2.25. The van der Waals surface area contributed by atoms with Gasteiger partial charge in [0.1, 0.15) is 0 Å². The van der Waals surface area contributed by atoms with Gasteiger partial charge in [-0.05, 0) is 30.4 Å². The molecule has 0 amide bonds. The third-order valence-electron chi connectivity index (χ3n) is 5.22. The first-order chi connectivity index (χ1) is 12.7. The van der Waals surface area contributed by atoms with Crippen LogP contribution in [0.1, 0.15) is 69.4 Å². The minimum Gasteiger partial charge on any atom is -0.331 e. The first kappa shape index (κ1) is 23.4. The highest BCUT2D eigenvalue weighted by Crippen LogP contribution is 2.32. The minimum absolute atomic E-state index is 0.196. The van der Waals surface area contributed by atoms with E-state index in [1.54, 1.807) is 21.3 Å². The van der Waals surface area contributed by atoms with Crippen LogP contribution in [0.5, 0.6) is 0 Å². The summed E-state index contributed by atoms with van der Waals surface area (Å²) in [6.07, 6.45) is 10.7. The first-order valence-electron chi connectivity index (χ1n) is 9.95. The van der Waals surface area contributed by atoms with Crippen LogP contribution in [0.25, 0.3) is 0 Å². The van der Waals surface area contributed by atoms with E-state index < -0.39 is 5.97 Å². The molecular weight excluding hydrogens is 348 g/mol. The predicted molar refractivity (Wildman–Crippen MR) is 110 cm³/mol. The summed E-state index contributed by atoms with van der Waals surface area (Å²) in [4.78, 5) is 0. The van der Waals surface area contributed by atoms with Gasteiger partial charge in [-0.2, -0.15) is 0 Å². The van der Waals surface area contributed by atoms with E-state index in [9.17, 15) is 0 Å². The number of benzene rings is 1. The maximum absolute atomic E-state index is 5.88. The second kappa shape index (κ2) is 13.5. The van der Waals surface area contributed by atoms with Gasteiger partial charge in [0.2, 0.25) is 0 Å². The number of halogens is 1. The van der Waals surface area contributed by atoms with Crippen molar-refractivity contribution < 1.29 is 14.2 Å². The Hall–Kier alpha value is -0.610. The third-order valence-corrected chi connectivity index (χ3v) is 5.53. The van der Waals surface area contributed by atoms with Crippen molar-refractivity contribution in [3.05, 3.63) is 35.4 Å². The van der Waals surface area contributed by atoms with Crippen LogP contribution in [-0.4, -0.2) is 27.3 Å². The Labute approximate surface area is 165 Å². The van der Waals surface area contributed by atoms with Crippen molar-refractivity contribution in [3.8, 4) is 0 Å². The van der Waals surface area contributed by atoms with Crippen LogP contribution < -0.4 is 0 Å². The average molecular weight is 385 g/mol. The average Bonchev–Trinajstić information content (AvgIpc) is 2.70. The second-order valence-corrected chi connectivity index (χ2v) is 7.23. The lowest BCUT2D eigenvalue weighted by Crippen LogP contribution is -2.44. The Kier molecular flexibility index (Phi) is 12.2. The van der Waals surface area contributed by atoms with Gasteiger partial charge < -0.3 is 14.2 Å². The Balaban J connectivity index is 2.63. The molecule has 0 bridgehead atoms. The normalized spacial score (nSPS) is 13.1. The summed E-state index contributed by atoms with van der Waals surface area (Å²) in [5, 5.41) is 0. The Morgan fingerprint density at radius 1 is 0.808 bits per heavy atom. The Bertz CT molecular complexity index is 449. The number of ether oxygens (including phenoxy) is 3. The fraction of sp³-hybridized carbons (Fsp3) is 0.727. The molecule has 0 aliphatic heterocycles. The Morgan fingerprint density at radius 2 is 1.35 bits per heavy atom. The summed E-state index contributed by atoms with van der Waals surface area (Å²) < 4.78 is 17.0. The summed E-state index contributed by atoms with van der Waals surface area (Å²) in [5.41, 5.74) is 2.46. The van der Waals surface area contributed by atoms with Gasteiger partial charge in [0.05, 0.1) is 0 Å². The van der Waals surface area contributed by atoms with Crippen molar-refractivity contribution in [2.24, 2.45) is 5.92 Å². The second-order valence-electron chi connectivity index (χ2n) is 6.96. The van der Waals surface area contributed by atoms with E-state index in [0.29, 0.717) is 5.88 Å². The number of unbranched alkanes of at least 4 members (excludes halogenated alkanes) is 5. The molecule has 1 unspecified atom stereocenters. The SMILES string of the molecule is CCCCCCCCC(CCc1ccc(CCl)cc1)C(OC)(OC)OC. The molecule has 0 spiro atoms. The molecule has 0 aromatic heterocycles. The molecule has 0 fully saturated rings. The number of hydrogen-bond donors (Lipinski definition) is 0. The van der Waals surface area contributed by atoms with Crippen LogP contribution >= 0.6 is 11.6 Å². The molecule has 3 nitrogen and oxygen atoms in total. The predicted octanol–water partition coefficient (Wildman–Crippen LogP) is 6.32. The molecule has 150 valence electrons. The first-order valence-corrected chi connectivity index (χ1v) is 10.5. The van der Waals surface area contributed by atoms with Gasteiger partial charge in [0.15, 0.2) is 0 Å². The lowest BCUT2D eigenvalue weighted by molar-refractivity contribution is -0.380. The van der Waals surface area contributed by atoms with E-state index in [4.69, 9.17) is 25.8 Å². The number of hydrogen-bond acceptors (Lipinski definition) is 3. The van der Waals surface area contributed by atoms with Crippen LogP contribution in [0.4, 0.5) is 0 Å². The van der Waals surface area contributed by atoms with Crippen molar-refractivity contribution in [1.29, 1.82) is 0 Å². The fourth-order valence-electron chi connectivity index (χ4n) is 3.55. The van der Waals surface area contributed by atoms with E-state index in [-0.39, 0.29) is 5.92 Å². The van der Waals surface area contributed by atoms with Gasteiger partial charge in [-0.1, -0.05) is 69.7 Å². The number of rotatable bonds is 15. The van der Waals surface area contributed by atoms with Crippen LogP contribution in [0, 0.1) is 5.92 Å². The van der Waals surface area contributed by atoms with Gasteiger partial charge in [-0.25, -0.2) is 0 Å².